The van der Waals surface area contributed by atoms with Gasteiger partial charge in [-0.15, -0.1) is 10.2 Å². The summed E-state index contributed by atoms with van der Waals surface area (Å²) in [4.78, 5) is 31.0. The van der Waals surface area contributed by atoms with Gasteiger partial charge in [0.1, 0.15) is 16.6 Å². The highest BCUT2D eigenvalue weighted by Crippen LogP contribution is 2.06. The van der Waals surface area contributed by atoms with Crippen LogP contribution in [0.15, 0.2) is 82.4 Å². The van der Waals surface area contributed by atoms with Crippen LogP contribution in [0.1, 0.15) is 0 Å². The predicted octanol–water partition coefficient (Wildman–Crippen LogP) is 2.35. The van der Waals surface area contributed by atoms with Crippen LogP contribution in [0.25, 0.3) is 33.1 Å². The lowest BCUT2D eigenvalue weighted by Gasteiger charge is -1.93. The molecule has 8 heteroatoms. The smallest absolute Gasteiger partial charge is 0.316 e. The second-order valence-corrected chi connectivity index (χ2v) is 5.82. The third-order valence-corrected chi connectivity index (χ3v) is 3.92. The maximum absolute atomic E-state index is 12.3. The van der Waals surface area contributed by atoms with Gasteiger partial charge in [0.15, 0.2) is 0 Å². The van der Waals surface area contributed by atoms with Gasteiger partial charge in [-0.2, -0.15) is 5.10 Å². The van der Waals surface area contributed by atoms with Crippen molar-refractivity contribution in [1.29, 1.82) is 0 Å². The maximum Gasteiger partial charge on any atom is 0.335 e. The average Bonchev–Trinajstić information content (AvgIpc) is 2.72. The molecule has 0 saturated heterocycles. The van der Waals surface area contributed by atoms with Gasteiger partial charge in [-0.25, -0.2) is 4.98 Å². The van der Waals surface area contributed by atoms with E-state index in [4.69, 9.17) is 0 Å². The van der Waals surface area contributed by atoms with Crippen LogP contribution < -0.4 is 11.1 Å². The van der Waals surface area contributed by atoms with Crippen molar-refractivity contribution in [2.75, 3.05) is 0 Å². The Kier molecular flexibility index (Phi) is 4.67. The van der Waals surface area contributed by atoms with Crippen molar-refractivity contribution in [1.82, 2.24) is 30.4 Å². The number of fused-ring (bicyclic) bond motifs is 3. The van der Waals surface area contributed by atoms with Gasteiger partial charge in [0.05, 0.1) is 16.6 Å². The normalized spacial score (nSPS) is 10.4. The zero-order chi connectivity index (χ0) is 19.3. The summed E-state index contributed by atoms with van der Waals surface area (Å²) < 4.78 is 0. The molecule has 0 aliphatic heterocycles. The molecule has 0 amide bonds. The van der Waals surface area contributed by atoms with Crippen LogP contribution in [-0.4, -0.2) is 30.4 Å². The van der Waals surface area contributed by atoms with E-state index < -0.39 is 11.1 Å². The SMILES string of the molecule is O=c1nc2ccccc2nnc2ccccc2n[nH]c2ccccc2[nH]c1=O. The van der Waals surface area contributed by atoms with Crippen molar-refractivity contribution in [2.24, 2.45) is 0 Å². The highest BCUT2D eigenvalue weighted by atomic mass is 16.2. The number of hydrogen-bond acceptors (Lipinski definition) is 6. The van der Waals surface area contributed by atoms with E-state index in [9.17, 15) is 9.59 Å². The van der Waals surface area contributed by atoms with Crippen LogP contribution in [0.5, 0.6) is 0 Å². The Morgan fingerprint density at radius 3 is 1.86 bits per heavy atom. The van der Waals surface area contributed by atoms with Crippen LogP contribution in [0.2, 0.25) is 0 Å². The van der Waals surface area contributed by atoms with Gasteiger partial charge in [0.2, 0.25) is 0 Å². The molecule has 1 heterocycles. The Morgan fingerprint density at radius 2 is 1.14 bits per heavy atom. The largest absolute Gasteiger partial charge is 0.335 e. The summed E-state index contributed by atoms with van der Waals surface area (Å²) in [7, 11) is 0. The van der Waals surface area contributed by atoms with Crippen LogP contribution in [0.3, 0.4) is 0 Å². The standard InChI is InChI=1S/C20H14N6O2/c27-19-20(28)22-14-8-2-4-10-16(14)24-26-18-12-6-5-11-17(18)25-23-15-9-3-1-7-13(15)21-19/h1-12,23H,(H,21,27). The number of rotatable bonds is 0. The predicted molar refractivity (Wildman–Crippen MR) is 107 cm³/mol. The molecule has 1 aromatic heterocycles. The molecule has 0 aliphatic rings. The van der Waals surface area contributed by atoms with Crippen LogP contribution in [0, 0.1) is 0 Å². The molecule has 0 aliphatic carbocycles. The first-order valence-electron chi connectivity index (χ1n) is 8.43. The van der Waals surface area contributed by atoms with E-state index in [1.54, 1.807) is 60.7 Å². The van der Waals surface area contributed by atoms with Gasteiger partial charge in [0.25, 0.3) is 0 Å². The monoisotopic (exact) mass is 370 g/mol. The number of H-pyrrole nitrogens is 2. The Morgan fingerprint density at radius 1 is 0.607 bits per heavy atom. The van der Waals surface area contributed by atoms with Crippen molar-refractivity contribution < 1.29 is 0 Å². The summed E-state index contributed by atoms with van der Waals surface area (Å²) >= 11 is 0. The van der Waals surface area contributed by atoms with E-state index >= 15 is 0 Å². The number of hydrogen-bond donors (Lipinski definition) is 2. The lowest BCUT2D eigenvalue weighted by atomic mass is 10.3. The zero-order valence-electron chi connectivity index (χ0n) is 14.5. The quantitative estimate of drug-likeness (QED) is 0.459. The van der Waals surface area contributed by atoms with Crippen molar-refractivity contribution in [3.8, 4) is 0 Å². The fourth-order valence-electron chi connectivity index (χ4n) is 2.54. The number of nitrogens with zero attached hydrogens (tertiary/aromatic N) is 4. The van der Waals surface area contributed by atoms with E-state index in [-0.39, 0.29) is 5.52 Å². The molecule has 4 rings (SSSR count). The summed E-state index contributed by atoms with van der Waals surface area (Å²) in [6, 6.07) is 20.8. The highest BCUT2D eigenvalue weighted by molar-refractivity contribution is 5.75. The van der Waals surface area contributed by atoms with Crippen LogP contribution in [0.4, 0.5) is 0 Å². The third-order valence-electron chi connectivity index (χ3n) is 3.92. The first-order valence-corrected chi connectivity index (χ1v) is 8.43. The summed E-state index contributed by atoms with van der Waals surface area (Å²) in [5.74, 6) is 0. The first-order chi connectivity index (χ1) is 13.7. The molecule has 0 unspecified atom stereocenters. The molecule has 2 N–H and O–H groups in total. The van der Waals surface area contributed by atoms with Gasteiger partial charge in [-0.1, -0.05) is 36.4 Å². The van der Waals surface area contributed by atoms with Crippen molar-refractivity contribution in [3.05, 3.63) is 93.5 Å². The fraction of sp³-hybridized carbons (Fsp3) is 0. The Hall–Kier alpha value is -4.20. The summed E-state index contributed by atoms with van der Waals surface area (Å²) in [6.07, 6.45) is 0. The molecule has 3 aromatic carbocycles. The van der Waals surface area contributed by atoms with E-state index in [0.29, 0.717) is 27.6 Å². The summed E-state index contributed by atoms with van der Waals surface area (Å²) in [6.45, 7) is 0. The lowest BCUT2D eigenvalue weighted by Crippen LogP contribution is -2.26. The molecule has 28 heavy (non-hydrogen) atoms. The first kappa shape index (κ1) is 17.2. The van der Waals surface area contributed by atoms with Gasteiger partial charge in [0, 0.05) is 0 Å². The lowest BCUT2D eigenvalue weighted by molar-refractivity contribution is 1.09. The molecule has 0 bridgehead atoms. The zero-order valence-corrected chi connectivity index (χ0v) is 14.5. The number of aromatic amines is 2. The highest BCUT2D eigenvalue weighted by Gasteiger charge is 1.96. The van der Waals surface area contributed by atoms with Crippen molar-refractivity contribution in [2.45, 2.75) is 0 Å². The fourth-order valence-corrected chi connectivity index (χ4v) is 2.54. The van der Waals surface area contributed by atoms with E-state index in [1.165, 1.54) is 0 Å². The Balaban J connectivity index is 2.24. The second kappa shape index (κ2) is 7.58. The topological polar surface area (TPSA) is 117 Å². The number of para-hydroxylation sites is 4. The Bertz CT molecular complexity index is 1320. The third kappa shape index (κ3) is 3.65. The summed E-state index contributed by atoms with van der Waals surface area (Å²) in [5, 5.41) is 15.7. The molecule has 0 radical (unpaired) electrons. The van der Waals surface area contributed by atoms with Crippen LogP contribution in [-0.2, 0) is 0 Å². The molecule has 0 atom stereocenters. The van der Waals surface area contributed by atoms with Crippen molar-refractivity contribution >= 4 is 33.1 Å². The van der Waals surface area contributed by atoms with E-state index in [0.717, 1.165) is 0 Å². The van der Waals surface area contributed by atoms with Gasteiger partial charge in [-0.3, -0.25) is 14.7 Å². The minimum atomic E-state index is -0.938. The molecule has 0 fully saturated rings. The van der Waals surface area contributed by atoms with Crippen LogP contribution >= 0.6 is 0 Å². The number of nitrogens with one attached hydrogen (secondary N) is 2. The van der Waals surface area contributed by atoms with Gasteiger partial charge >= 0.3 is 11.1 Å². The van der Waals surface area contributed by atoms with E-state index in [2.05, 4.69) is 30.4 Å². The molecule has 8 nitrogen and oxygen atoms in total. The van der Waals surface area contributed by atoms with Gasteiger partial charge in [-0.05, 0) is 36.4 Å². The van der Waals surface area contributed by atoms with Crippen molar-refractivity contribution in [3.63, 3.8) is 0 Å². The van der Waals surface area contributed by atoms with E-state index in [1.807, 2.05) is 12.1 Å². The minimum absolute atomic E-state index is 0.254. The second-order valence-electron chi connectivity index (χ2n) is 5.82. The molecule has 136 valence electrons. The van der Waals surface area contributed by atoms with Gasteiger partial charge < -0.3 is 4.98 Å². The number of aromatic nitrogens is 6. The average molecular weight is 370 g/mol. The summed E-state index contributed by atoms with van der Waals surface area (Å²) in [5.41, 5.74) is 0.847. The Labute approximate surface area is 157 Å². The molecular formula is C20H14N6O2. The number of benzene rings is 3. The minimum Gasteiger partial charge on any atom is -0.316 e. The molecule has 0 saturated carbocycles. The molecule has 0 spiro atoms. The molecular weight excluding hydrogens is 356 g/mol. The molecule has 4 aromatic rings. The maximum atomic E-state index is 12.3.